The molecule has 0 saturated heterocycles. The van der Waals surface area contributed by atoms with Gasteiger partial charge in [-0.1, -0.05) is 26.0 Å². The molecule has 1 rings (SSSR count). The fourth-order valence-corrected chi connectivity index (χ4v) is 1.18. The highest BCUT2D eigenvalue weighted by Crippen LogP contribution is 2.23. The van der Waals surface area contributed by atoms with Gasteiger partial charge in [-0.2, -0.15) is 0 Å². The van der Waals surface area contributed by atoms with Crippen LogP contribution in [0.25, 0.3) is 0 Å². The lowest BCUT2D eigenvalue weighted by atomic mass is 10.0. The number of nitro benzene ring substituents is 1. The topological polar surface area (TPSA) is 43.1 Å². The lowest BCUT2D eigenvalue weighted by Gasteiger charge is -2.05. The van der Waals surface area contributed by atoms with Gasteiger partial charge in [0.2, 0.25) is 0 Å². The van der Waals surface area contributed by atoms with Crippen molar-refractivity contribution in [3.63, 3.8) is 0 Å². The normalized spacial score (nSPS) is 10.5. The lowest BCUT2D eigenvalue weighted by molar-refractivity contribution is -0.385. The Morgan fingerprint density at radius 2 is 2.00 bits per heavy atom. The summed E-state index contributed by atoms with van der Waals surface area (Å²) in [6, 6.07) is 5.39. The fraction of sp³-hybridized carbons (Fsp3) is 0.400. The van der Waals surface area contributed by atoms with E-state index in [0.717, 1.165) is 11.1 Å². The van der Waals surface area contributed by atoms with Gasteiger partial charge in [0.15, 0.2) is 0 Å². The molecule has 70 valence electrons. The van der Waals surface area contributed by atoms with E-state index in [0.29, 0.717) is 5.92 Å². The molecule has 0 amide bonds. The molecule has 0 aliphatic heterocycles. The molecule has 0 spiro atoms. The molecule has 0 aliphatic rings. The van der Waals surface area contributed by atoms with E-state index >= 15 is 0 Å². The maximum atomic E-state index is 10.6. The Hall–Kier alpha value is -1.38. The molecule has 3 heteroatoms. The average molecular weight is 179 g/mol. The van der Waals surface area contributed by atoms with Crippen molar-refractivity contribution in [3.8, 4) is 0 Å². The zero-order valence-corrected chi connectivity index (χ0v) is 8.07. The van der Waals surface area contributed by atoms with E-state index in [1.54, 1.807) is 19.1 Å². The van der Waals surface area contributed by atoms with Crippen molar-refractivity contribution in [2.24, 2.45) is 0 Å². The summed E-state index contributed by atoms with van der Waals surface area (Å²) in [5.74, 6) is 0.333. The molecule has 0 unspecified atom stereocenters. The second-order valence-corrected chi connectivity index (χ2v) is 3.46. The molecule has 0 aromatic heterocycles. The van der Waals surface area contributed by atoms with E-state index in [4.69, 9.17) is 0 Å². The van der Waals surface area contributed by atoms with Crippen LogP contribution in [0.2, 0.25) is 0 Å². The number of hydrogen-bond acceptors (Lipinski definition) is 2. The molecule has 1 aromatic carbocycles. The van der Waals surface area contributed by atoms with Crippen LogP contribution in [0, 0.1) is 17.0 Å². The van der Waals surface area contributed by atoms with Crippen LogP contribution >= 0.6 is 0 Å². The molecule has 0 radical (unpaired) electrons. The first-order valence-electron chi connectivity index (χ1n) is 4.27. The minimum atomic E-state index is -0.332. The minimum Gasteiger partial charge on any atom is -0.258 e. The highest BCUT2D eigenvalue weighted by atomic mass is 16.6. The van der Waals surface area contributed by atoms with Crippen LogP contribution in [0.15, 0.2) is 18.2 Å². The van der Waals surface area contributed by atoms with E-state index in [2.05, 4.69) is 0 Å². The van der Waals surface area contributed by atoms with Gasteiger partial charge >= 0.3 is 0 Å². The molecule has 0 fully saturated rings. The highest BCUT2D eigenvalue weighted by Gasteiger charge is 2.11. The monoisotopic (exact) mass is 179 g/mol. The predicted octanol–water partition coefficient (Wildman–Crippen LogP) is 3.03. The molecule has 0 aliphatic carbocycles. The van der Waals surface area contributed by atoms with Gasteiger partial charge in [0.05, 0.1) is 4.92 Å². The van der Waals surface area contributed by atoms with E-state index in [-0.39, 0.29) is 10.6 Å². The third-order valence-corrected chi connectivity index (χ3v) is 2.10. The smallest absolute Gasteiger partial charge is 0.258 e. The van der Waals surface area contributed by atoms with Crippen molar-refractivity contribution in [1.82, 2.24) is 0 Å². The second kappa shape index (κ2) is 3.56. The largest absolute Gasteiger partial charge is 0.272 e. The summed E-state index contributed by atoms with van der Waals surface area (Å²) in [5.41, 5.74) is 1.94. The quantitative estimate of drug-likeness (QED) is 0.517. The van der Waals surface area contributed by atoms with Gasteiger partial charge in [-0.05, 0) is 18.4 Å². The Kier molecular flexibility index (Phi) is 2.66. The lowest BCUT2D eigenvalue weighted by Crippen LogP contribution is -1.94. The van der Waals surface area contributed by atoms with E-state index in [1.807, 2.05) is 19.9 Å². The third kappa shape index (κ3) is 2.05. The molecule has 0 atom stereocenters. The molecular formula is C10H13NO2. The standard InChI is InChI=1S/C10H13NO2/c1-7(2)9-5-4-8(3)10(6-9)11(12)13/h4-7H,1-3H3. The van der Waals surface area contributed by atoms with Crippen molar-refractivity contribution < 1.29 is 4.92 Å². The van der Waals surface area contributed by atoms with E-state index in [9.17, 15) is 10.1 Å². The van der Waals surface area contributed by atoms with Crippen molar-refractivity contribution >= 4 is 5.69 Å². The summed E-state index contributed by atoms with van der Waals surface area (Å²) in [7, 11) is 0. The minimum absolute atomic E-state index is 0.214. The van der Waals surface area contributed by atoms with Crippen molar-refractivity contribution in [2.75, 3.05) is 0 Å². The van der Waals surface area contributed by atoms with Gasteiger partial charge < -0.3 is 0 Å². The fourth-order valence-electron chi connectivity index (χ4n) is 1.18. The number of nitrogens with zero attached hydrogens (tertiary/aromatic N) is 1. The Balaban J connectivity index is 3.19. The molecule has 3 nitrogen and oxygen atoms in total. The molecule has 0 N–H and O–H groups in total. The number of rotatable bonds is 2. The molecule has 0 bridgehead atoms. The van der Waals surface area contributed by atoms with Crippen LogP contribution in [-0.2, 0) is 0 Å². The Bertz CT molecular complexity index is 332. The molecular weight excluding hydrogens is 166 g/mol. The number of hydrogen-bond donors (Lipinski definition) is 0. The van der Waals surface area contributed by atoms with Crippen LogP contribution in [0.4, 0.5) is 5.69 Å². The molecule has 0 saturated carbocycles. The summed E-state index contributed by atoms with van der Waals surface area (Å²) in [4.78, 5) is 10.3. The summed E-state index contributed by atoms with van der Waals surface area (Å²) in [5, 5.41) is 10.6. The summed E-state index contributed by atoms with van der Waals surface area (Å²) in [6.07, 6.45) is 0. The van der Waals surface area contributed by atoms with Crippen LogP contribution in [0.5, 0.6) is 0 Å². The average Bonchev–Trinajstić information content (AvgIpc) is 2.04. The van der Waals surface area contributed by atoms with Gasteiger partial charge in [0, 0.05) is 11.6 Å². The first-order chi connectivity index (χ1) is 6.02. The SMILES string of the molecule is Cc1ccc(C(C)C)cc1[N+](=O)[O-]. The first kappa shape index (κ1) is 9.71. The van der Waals surface area contributed by atoms with Gasteiger partial charge in [0.1, 0.15) is 0 Å². The molecule has 1 aromatic rings. The zero-order valence-electron chi connectivity index (χ0n) is 8.07. The maximum Gasteiger partial charge on any atom is 0.272 e. The third-order valence-electron chi connectivity index (χ3n) is 2.10. The number of aryl methyl sites for hydroxylation is 1. The van der Waals surface area contributed by atoms with Crippen LogP contribution in [-0.4, -0.2) is 4.92 Å². The highest BCUT2D eigenvalue weighted by molar-refractivity contribution is 5.43. The van der Waals surface area contributed by atoms with Gasteiger partial charge in [-0.25, -0.2) is 0 Å². The summed E-state index contributed by atoms with van der Waals surface area (Å²) < 4.78 is 0. The Labute approximate surface area is 77.5 Å². The van der Waals surface area contributed by atoms with Crippen molar-refractivity contribution in [1.29, 1.82) is 0 Å². The zero-order chi connectivity index (χ0) is 10.0. The number of nitro groups is 1. The van der Waals surface area contributed by atoms with Crippen LogP contribution in [0.1, 0.15) is 30.9 Å². The number of benzene rings is 1. The van der Waals surface area contributed by atoms with Crippen LogP contribution in [0.3, 0.4) is 0 Å². The first-order valence-corrected chi connectivity index (χ1v) is 4.27. The van der Waals surface area contributed by atoms with E-state index in [1.165, 1.54) is 0 Å². The Morgan fingerprint density at radius 3 is 2.46 bits per heavy atom. The van der Waals surface area contributed by atoms with Gasteiger partial charge in [0.25, 0.3) is 5.69 Å². The summed E-state index contributed by atoms with van der Waals surface area (Å²) in [6.45, 7) is 5.80. The van der Waals surface area contributed by atoms with Gasteiger partial charge in [-0.15, -0.1) is 0 Å². The maximum absolute atomic E-state index is 10.6. The van der Waals surface area contributed by atoms with E-state index < -0.39 is 0 Å². The summed E-state index contributed by atoms with van der Waals surface area (Å²) >= 11 is 0. The van der Waals surface area contributed by atoms with Crippen molar-refractivity contribution in [3.05, 3.63) is 39.4 Å². The second-order valence-electron chi connectivity index (χ2n) is 3.46. The molecule has 0 heterocycles. The van der Waals surface area contributed by atoms with Crippen molar-refractivity contribution in [2.45, 2.75) is 26.7 Å². The molecule has 13 heavy (non-hydrogen) atoms. The Morgan fingerprint density at radius 1 is 1.38 bits per heavy atom. The van der Waals surface area contributed by atoms with Gasteiger partial charge in [-0.3, -0.25) is 10.1 Å². The van der Waals surface area contributed by atoms with Crippen LogP contribution < -0.4 is 0 Å². The predicted molar refractivity (Wildman–Crippen MR) is 51.9 cm³/mol.